The van der Waals surface area contributed by atoms with Crippen molar-refractivity contribution in [3.63, 3.8) is 0 Å². The monoisotopic (exact) mass is 235 g/mol. The first kappa shape index (κ1) is 10.9. The molecule has 3 rings (SSSR count). The molecule has 0 aliphatic heterocycles. The Balaban J connectivity index is 1.81. The van der Waals surface area contributed by atoms with E-state index in [0.29, 0.717) is 24.1 Å². The van der Waals surface area contributed by atoms with E-state index in [1.54, 1.807) is 4.68 Å². The summed E-state index contributed by atoms with van der Waals surface area (Å²) in [6.07, 6.45) is 6.07. The van der Waals surface area contributed by atoms with Crippen molar-refractivity contribution in [1.82, 2.24) is 15.0 Å². The molecule has 1 heterocycles. The minimum Gasteiger partial charge on any atom is -0.391 e. The van der Waals surface area contributed by atoms with E-state index in [1.165, 1.54) is 6.42 Å². The number of rotatable bonds is 5. The largest absolute Gasteiger partial charge is 0.391 e. The third-order valence-electron chi connectivity index (χ3n) is 3.93. The summed E-state index contributed by atoms with van der Waals surface area (Å²) in [6, 6.07) is 0. The van der Waals surface area contributed by atoms with E-state index < -0.39 is 0 Å². The Labute approximate surface area is 99.8 Å². The Morgan fingerprint density at radius 1 is 1.41 bits per heavy atom. The molecule has 2 saturated carbocycles. The highest BCUT2D eigenvalue weighted by molar-refractivity contribution is 5.73. The number of carbonyl (C=O) groups excluding carboxylic acids is 1. The molecular weight excluding hydrogens is 218 g/mol. The summed E-state index contributed by atoms with van der Waals surface area (Å²) in [5.74, 6) is 0.838. The van der Waals surface area contributed by atoms with E-state index in [9.17, 15) is 9.90 Å². The van der Waals surface area contributed by atoms with Crippen LogP contribution in [-0.4, -0.2) is 32.5 Å². The van der Waals surface area contributed by atoms with Gasteiger partial charge in [0, 0.05) is 5.92 Å². The van der Waals surface area contributed by atoms with Crippen molar-refractivity contribution in [2.45, 2.75) is 50.7 Å². The van der Waals surface area contributed by atoms with Crippen molar-refractivity contribution in [2.24, 2.45) is 5.92 Å². The van der Waals surface area contributed by atoms with Gasteiger partial charge in [0.25, 0.3) is 0 Å². The van der Waals surface area contributed by atoms with Gasteiger partial charge in [-0.2, -0.15) is 0 Å². The van der Waals surface area contributed by atoms with Gasteiger partial charge < -0.3 is 5.11 Å². The molecule has 92 valence electrons. The van der Waals surface area contributed by atoms with E-state index in [-0.39, 0.29) is 6.10 Å². The fraction of sp³-hybridized carbons (Fsp3) is 0.750. The summed E-state index contributed by atoms with van der Waals surface area (Å²) in [5.41, 5.74) is 1.39. The van der Waals surface area contributed by atoms with Gasteiger partial charge in [-0.3, -0.25) is 4.79 Å². The predicted molar refractivity (Wildman–Crippen MR) is 60.7 cm³/mol. The zero-order valence-electron chi connectivity index (χ0n) is 9.75. The van der Waals surface area contributed by atoms with E-state index in [0.717, 1.165) is 37.7 Å². The molecule has 2 aliphatic rings. The standard InChI is InChI=1S/C12H17N3O2/c16-7-10-12(9-2-1-3-9)15(14-13-10)6-11(17)8-4-5-8/h7-9,11,17H,1-6H2. The molecule has 0 saturated heterocycles. The van der Waals surface area contributed by atoms with Gasteiger partial charge in [-0.1, -0.05) is 11.6 Å². The van der Waals surface area contributed by atoms with Crippen LogP contribution in [0.4, 0.5) is 0 Å². The van der Waals surface area contributed by atoms with Crippen LogP contribution in [0, 0.1) is 5.92 Å². The van der Waals surface area contributed by atoms with Gasteiger partial charge in [-0.25, -0.2) is 4.68 Å². The van der Waals surface area contributed by atoms with E-state index >= 15 is 0 Å². The summed E-state index contributed by atoms with van der Waals surface area (Å²) in [4.78, 5) is 10.9. The molecule has 0 spiro atoms. The van der Waals surface area contributed by atoms with Crippen LogP contribution in [0.15, 0.2) is 0 Å². The number of aldehydes is 1. The summed E-state index contributed by atoms with van der Waals surface area (Å²) in [5, 5.41) is 17.9. The maximum atomic E-state index is 10.9. The topological polar surface area (TPSA) is 68.0 Å². The lowest BCUT2D eigenvalue weighted by atomic mass is 9.82. The van der Waals surface area contributed by atoms with Crippen LogP contribution in [0.3, 0.4) is 0 Å². The van der Waals surface area contributed by atoms with Gasteiger partial charge in [-0.15, -0.1) is 5.10 Å². The molecule has 2 aliphatic carbocycles. The van der Waals surface area contributed by atoms with Crippen LogP contribution in [-0.2, 0) is 6.54 Å². The molecule has 1 atom stereocenters. The molecule has 0 aromatic carbocycles. The first-order valence-electron chi connectivity index (χ1n) is 6.36. The minimum absolute atomic E-state index is 0.338. The quantitative estimate of drug-likeness (QED) is 0.777. The second-order valence-corrected chi connectivity index (χ2v) is 5.19. The SMILES string of the molecule is O=Cc1nnn(CC(O)C2CC2)c1C1CCC1. The number of nitrogens with zero attached hydrogens (tertiary/aromatic N) is 3. The third kappa shape index (κ3) is 1.99. The molecule has 1 N–H and O–H groups in total. The third-order valence-corrected chi connectivity index (χ3v) is 3.93. The maximum absolute atomic E-state index is 10.9. The van der Waals surface area contributed by atoms with Gasteiger partial charge in [0.15, 0.2) is 6.29 Å². The van der Waals surface area contributed by atoms with Gasteiger partial charge >= 0.3 is 0 Å². The van der Waals surface area contributed by atoms with Crippen LogP contribution >= 0.6 is 0 Å². The number of carbonyl (C=O) groups is 1. The Hall–Kier alpha value is -1.23. The lowest BCUT2D eigenvalue weighted by Crippen LogP contribution is -2.23. The van der Waals surface area contributed by atoms with Crippen LogP contribution in [0.1, 0.15) is 54.2 Å². The second-order valence-electron chi connectivity index (χ2n) is 5.19. The van der Waals surface area contributed by atoms with E-state index in [4.69, 9.17) is 0 Å². The molecule has 1 aromatic heterocycles. The zero-order valence-corrected chi connectivity index (χ0v) is 9.75. The average Bonchev–Trinajstić information content (AvgIpc) is 3.03. The first-order chi connectivity index (χ1) is 8.29. The van der Waals surface area contributed by atoms with Crippen LogP contribution in [0.5, 0.6) is 0 Å². The molecule has 0 bridgehead atoms. The second kappa shape index (κ2) is 4.22. The predicted octanol–water partition coefficient (Wildman–Crippen LogP) is 1.13. The van der Waals surface area contributed by atoms with Crippen molar-refractivity contribution in [2.75, 3.05) is 0 Å². The smallest absolute Gasteiger partial charge is 0.172 e. The van der Waals surface area contributed by atoms with E-state index in [1.807, 2.05) is 0 Å². The first-order valence-corrected chi connectivity index (χ1v) is 6.36. The van der Waals surface area contributed by atoms with Gasteiger partial charge in [0.2, 0.25) is 0 Å². The Kier molecular flexibility index (Phi) is 2.70. The normalized spacial score (nSPS) is 22.2. The van der Waals surface area contributed by atoms with Crippen LogP contribution in [0.25, 0.3) is 0 Å². The van der Waals surface area contributed by atoms with Crippen molar-refractivity contribution in [1.29, 1.82) is 0 Å². The van der Waals surface area contributed by atoms with Crippen molar-refractivity contribution < 1.29 is 9.90 Å². The van der Waals surface area contributed by atoms with Crippen molar-refractivity contribution in [3.05, 3.63) is 11.4 Å². The highest BCUT2D eigenvalue weighted by Crippen LogP contribution is 2.38. The molecule has 17 heavy (non-hydrogen) atoms. The number of aliphatic hydroxyl groups excluding tert-OH is 1. The Morgan fingerprint density at radius 2 is 2.18 bits per heavy atom. The summed E-state index contributed by atoms with van der Waals surface area (Å²) < 4.78 is 1.75. The lowest BCUT2D eigenvalue weighted by molar-refractivity contribution is 0.111. The molecular formula is C12H17N3O2. The van der Waals surface area contributed by atoms with Crippen LogP contribution in [0.2, 0.25) is 0 Å². The van der Waals surface area contributed by atoms with E-state index in [2.05, 4.69) is 10.3 Å². The van der Waals surface area contributed by atoms with Crippen molar-refractivity contribution in [3.8, 4) is 0 Å². The van der Waals surface area contributed by atoms with Gasteiger partial charge in [0.05, 0.1) is 18.3 Å². The van der Waals surface area contributed by atoms with Gasteiger partial charge in [0.1, 0.15) is 5.69 Å². The molecule has 0 amide bonds. The fourth-order valence-corrected chi connectivity index (χ4v) is 2.46. The molecule has 2 fully saturated rings. The lowest BCUT2D eigenvalue weighted by Gasteiger charge is -2.26. The number of aliphatic hydroxyl groups is 1. The average molecular weight is 235 g/mol. The Bertz CT molecular complexity index is 421. The number of aromatic nitrogens is 3. The fourth-order valence-electron chi connectivity index (χ4n) is 2.46. The molecule has 0 radical (unpaired) electrons. The highest BCUT2D eigenvalue weighted by Gasteiger charge is 2.33. The summed E-state index contributed by atoms with van der Waals surface area (Å²) in [7, 11) is 0. The van der Waals surface area contributed by atoms with Gasteiger partial charge in [-0.05, 0) is 31.6 Å². The highest BCUT2D eigenvalue weighted by atomic mass is 16.3. The molecule has 5 heteroatoms. The van der Waals surface area contributed by atoms with Crippen molar-refractivity contribution >= 4 is 6.29 Å². The summed E-state index contributed by atoms with van der Waals surface area (Å²) in [6.45, 7) is 0.483. The minimum atomic E-state index is -0.338. The molecule has 5 nitrogen and oxygen atoms in total. The number of hydrogen-bond acceptors (Lipinski definition) is 4. The summed E-state index contributed by atoms with van der Waals surface area (Å²) >= 11 is 0. The zero-order chi connectivity index (χ0) is 11.8. The van der Waals surface area contributed by atoms with Crippen LogP contribution < -0.4 is 0 Å². The Morgan fingerprint density at radius 3 is 2.71 bits per heavy atom. The molecule has 1 aromatic rings. The molecule has 1 unspecified atom stereocenters. The number of hydrogen-bond donors (Lipinski definition) is 1. The maximum Gasteiger partial charge on any atom is 0.172 e.